The van der Waals surface area contributed by atoms with E-state index in [1.807, 2.05) is 30.8 Å². The summed E-state index contributed by atoms with van der Waals surface area (Å²) in [5, 5.41) is 15.6. The summed E-state index contributed by atoms with van der Waals surface area (Å²) in [6.45, 7) is 10.1. The summed E-state index contributed by atoms with van der Waals surface area (Å²) in [5.41, 5.74) is 0. The zero-order valence-corrected chi connectivity index (χ0v) is 14.3. The lowest BCUT2D eigenvalue weighted by Crippen LogP contribution is -2.44. The molecular weight excluding hydrogens is 316 g/mol. The van der Waals surface area contributed by atoms with Gasteiger partial charge in [-0.1, -0.05) is 25.4 Å². The smallest absolute Gasteiger partial charge is 0.240 e. The van der Waals surface area contributed by atoms with Crippen LogP contribution in [0.25, 0.3) is 0 Å². The maximum Gasteiger partial charge on any atom is 0.240 e. The maximum atomic E-state index is 5.68. The molecule has 2 aromatic heterocycles. The number of hydrogen-bond acceptors (Lipinski definition) is 6. The first-order valence-corrected chi connectivity index (χ1v) is 8.31. The fraction of sp³-hybridized carbons (Fsp3) is 0.533. The summed E-state index contributed by atoms with van der Waals surface area (Å²) >= 11 is 5.68. The molecule has 1 aliphatic rings. The van der Waals surface area contributed by atoms with Crippen LogP contribution < -0.4 is 10.1 Å². The second-order valence-corrected chi connectivity index (χ2v) is 5.19. The van der Waals surface area contributed by atoms with Crippen molar-refractivity contribution in [1.29, 1.82) is 0 Å². The number of rotatable bonds is 5. The predicted molar refractivity (Wildman–Crippen MR) is 90.0 cm³/mol. The van der Waals surface area contributed by atoms with E-state index in [0.29, 0.717) is 16.9 Å². The minimum atomic E-state index is 0.337. The molecule has 0 spiro atoms. The van der Waals surface area contributed by atoms with E-state index in [1.165, 1.54) is 0 Å². The lowest BCUT2D eigenvalue weighted by molar-refractivity contribution is 0.228. The molecule has 0 unspecified atom stereocenters. The first-order chi connectivity index (χ1) is 11.3. The highest BCUT2D eigenvalue weighted by Gasteiger charge is 2.09. The highest BCUT2D eigenvalue weighted by atomic mass is 35.5. The number of aromatic nitrogens is 4. The Kier molecular flexibility index (Phi) is 7.25. The Morgan fingerprint density at radius 2 is 1.87 bits per heavy atom. The van der Waals surface area contributed by atoms with Crippen molar-refractivity contribution >= 4 is 11.6 Å². The highest BCUT2D eigenvalue weighted by molar-refractivity contribution is 6.29. The zero-order valence-electron chi connectivity index (χ0n) is 13.6. The van der Waals surface area contributed by atoms with Crippen LogP contribution in [0, 0.1) is 0 Å². The predicted octanol–water partition coefficient (Wildman–Crippen LogP) is 2.05. The SMILES string of the molecule is CC.Clc1ccc(Oc2ccn(CCN3CCNCC3)n2)nn1. The largest absolute Gasteiger partial charge is 0.417 e. The number of halogens is 1. The Balaban J connectivity index is 0.000000924. The molecule has 1 N–H and O–H groups in total. The van der Waals surface area contributed by atoms with Crippen LogP contribution in [0.2, 0.25) is 5.15 Å². The van der Waals surface area contributed by atoms with Gasteiger partial charge >= 0.3 is 0 Å². The van der Waals surface area contributed by atoms with E-state index in [4.69, 9.17) is 16.3 Å². The van der Waals surface area contributed by atoms with E-state index in [0.717, 1.165) is 39.3 Å². The number of hydrogen-bond donors (Lipinski definition) is 1. The average molecular weight is 339 g/mol. The van der Waals surface area contributed by atoms with Gasteiger partial charge in [0.2, 0.25) is 11.8 Å². The molecule has 0 atom stereocenters. The fourth-order valence-electron chi connectivity index (χ4n) is 2.17. The Morgan fingerprint density at radius 3 is 2.57 bits per heavy atom. The number of nitrogens with one attached hydrogen (secondary N) is 1. The van der Waals surface area contributed by atoms with Crippen LogP contribution in [-0.2, 0) is 6.54 Å². The van der Waals surface area contributed by atoms with Gasteiger partial charge in [0.15, 0.2) is 5.15 Å². The molecule has 7 nitrogen and oxygen atoms in total. The van der Waals surface area contributed by atoms with Gasteiger partial charge in [-0.25, -0.2) is 0 Å². The highest BCUT2D eigenvalue weighted by Crippen LogP contribution is 2.16. The van der Waals surface area contributed by atoms with E-state index in [1.54, 1.807) is 12.1 Å². The van der Waals surface area contributed by atoms with Gasteiger partial charge in [0.25, 0.3) is 0 Å². The molecule has 0 aromatic carbocycles. The molecule has 0 saturated carbocycles. The van der Waals surface area contributed by atoms with Crippen molar-refractivity contribution in [2.45, 2.75) is 20.4 Å². The molecule has 126 valence electrons. The van der Waals surface area contributed by atoms with Gasteiger partial charge in [0, 0.05) is 51.1 Å². The van der Waals surface area contributed by atoms with Crippen molar-refractivity contribution in [3.05, 3.63) is 29.5 Å². The number of nitrogens with zero attached hydrogens (tertiary/aromatic N) is 5. The fourth-order valence-corrected chi connectivity index (χ4v) is 2.27. The molecule has 1 saturated heterocycles. The maximum absolute atomic E-state index is 5.68. The van der Waals surface area contributed by atoms with Gasteiger partial charge in [-0.2, -0.15) is 0 Å². The average Bonchev–Trinajstić information content (AvgIpc) is 3.05. The van der Waals surface area contributed by atoms with Crippen LogP contribution in [0.3, 0.4) is 0 Å². The van der Waals surface area contributed by atoms with Crippen LogP contribution >= 0.6 is 11.6 Å². The van der Waals surface area contributed by atoms with Crippen LogP contribution in [-0.4, -0.2) is 57.6 Å². The van der Waals surface area contributed by atoms with Crippen LogP contribution in [0.15, 0.2) is 24.4 Å². The van der Waals surface area contributed by atoms with E-state index < -0.39 is 0 Å². The van der Waals surface area contributed by atoms with Gasteiger partial charge < -0.3 is 10.1 Å². The van der Waals surface area contributed by atoms with Crippen molar-refractivity contribution < 1.29 is 4.74 Å². The van der Waals surface area contributed by atoms with Crippen molar-refractivity contribution in [2.75, 3.05) is 32.7 Å². The molecule has 2 aromatic rings. The van der Waals surface area contributed by atoms with Crippen molar-refractivity contribution in [3.8, 4) is 11.8 Å². The van der Waals surface area contributed by atoms with E-state index in [9.17, 15) is 0 Å². The third kappa shape index (κ3) is 5.78. The van der Waals surface area contributed by atoms with Crippen molar-refractivity contribution in [1.82, 2.24) is 30.2 Å². The summed E-state index contributed by atoms with van der Waals surface area (Å²) in [6.07, 6.45) is 1.90. The molecule has 3 rings (SSSR count). The molecule has 0 amide bonds. The Labute approximate surface area is 141 Å². The third-order valence-corrected chi connectivity index (χ3v) is 3.49. The molecule has 8 heteroatoms. The van der Waals surface area contributed by atoms with E-state index >= 15 is 0 Å². The van der Waals surface area contributed by atoms with Gasteiger partial charge in [0.1, 0.15) is 0 Å². The van der Waals surface area contributed by atoms with E-state index in [2.05, 4.69) is 25.5 Å². The Hall–Kier alpha value is -1.70. The monoisotopic (exact) mass is 338 g/mol. The molecule has 1 fully saturated rings. The lowest BCUT2D eigenvalue weighted by atomic mass is 10.3. The van der Waals surface area contributed by atoms with E-state index in [-0.39, 0.29) is 0 Å². The van der Waals surface area contributed by atoms with Gasteiger partial charge in [-0.3, -0.25) is 9.58 Å². The minimum absolute atomic E-state index is 0.337. The molecule has 1 aliphatic heterocycles. The Bertz CT molecular complexity index is 568. The van der Waals surface area contributed by atoms with Gasteiger partial charge in [0.05, 0.1) is 6.54 Å². The molecule has 0 aliphatic carbocycles. The van der Waals surface area contributed by atoms with Crippen LogP contribution in [0.1, 0.15) is 13.8 Å². The summed E-state index contributed by atoms with van der Waals surface area (Å²) in [4.78, 5) is 2.42. The Morgan fingerprint density at radius 1 is 1.09 bits per heavy atom. The molecule has 3 heterocycles. The quantitative estimate of drug-likeness (QED) is 0.900. The minimum Gasteiger partial charge on any atom is -0.417 e. The van der Waals surface area contributed by atoms with Gasteiger partial charge in [-0.05, 0) is 6.07 Å². The molecule has 0 bridgehead atoms. The second-order valence-electron chi connectivity index (χ2n) is 4.81. The number of piperazine rings is 1. The topological polar surface area (TPSA) is 68.1 Å². The first kappa shape index (κ1) is 17.7. The molecule has 23 heavy (non-hydrogen) atoms. The second kappa shape index (κ2) is 9.44. The summed E-state index contributed by atoms with van der Waals surface area (Å²) in [6, 6.07) is 5.11. The summed E-state index contributed by atoms with van der Waals surface area (Å²) in [7, 11) is 0. The molecule has 0 radical (unpaired) electrons. The molecular formula is C15H23ClN6O. The standard InChI is InChI=1S/C13H17ClN6O.C2H6/c14-11-1-2-12(17-16-11)21-13-3-6-20(18-13)10-9-19-7-4-15-5-8-19;1-2/h1-3,6,15H,4-5,7-10H2;1-2H3. The van der Waals surface area contributed by atoms with Crippen molar-refractivity contribution in [3.63, 3.8) is 0 Å². The van der Waals surface area contributed by atoms with Crippen molar-refractivity contribution in [2.24, 2.45) is 0 Å². The van der Waals surface area contributed by atoms with Gasteiger partial charge in [-0.15, -0.1) is 15.3 Å². The first-order valence-electron chi connectivity index (χ1n) is 7.93. The summed E-state index contributed by atoms with van der Waals surface area (Å²) < 4.78 is 7.39. The number of ether oxygens (including phenoxy) is 1. The van der Waals surface area contributed by atoms with Crippen LogP contribution in [0.5, 0.6) is 11.8 Å². The van der Waals surface area contributed by atoms with Crippen LogP contribution in [0.4, 0.5) is 0 Å². The third-order valence-electron chi connectivity index (χ3n) is 3.29. The lowest BCUT2D eigenvalue weighted by Gasteiger charge is -2.26. The normalized spacial score (nSPS) is 14.9. The summed E-state index contributed by atoms with van der Waals surface area (Å²) in [5.74, 6) is 0.888. The zero-order chi connectivity index (χ0) is 16.5.